The van der Waals surface area contributed by atoms with Crippen LogP contribution in [0, 0.1) is 13.8 Å². The molecule has 2 aliphatic heterocycles. The van der Waals surface area contributed by atoms with Crippen LogP contribution in [0.25, 0.3) is 0 Å². The molecule has 1 aromatic rings. The molecule has 24 heavy (non-hydrogen) atoms. The van der Waals surface area contributed by atoms with Gasteiger partial charge in [-0.2, -0.15) is 0 Å². The van der Waals surface area contributed by atoms with Crippen LogP contribution in [-0.4, -0.2) is 68.3 Å². The Labute approximate surface area is 144 Å². The lowest BCUT2D eigenvalue weighted by Crippen LogP contribution is -2.39. The topological polar surface area (TPSA) is 75.6 Å². The molecule has 134 valence electrons. The average molecular weight is 354 g/mol. The average Bonchev–Trinajstić information content (AvgIpc) is 2.57. The summed E-state index contributed by atoms with van der Waals surface area (Å²) in [6.45, 7) is 8.34. The first-order chi connectivity index (χ1) is 11.4. The van der Waals surface area contributed by atoms with Crippen molar-refractivity contribution in [3.63, 3.8) is 0 Å². The van der Waals surface area contributed by atoms with E-state index in [4.69, 9.17) is 14.7 Å². The third kappa shape index (κ3) is 3.70. The Kier molecular flexibility index (Phi) is 5.08. The smallest absolute Gasteiger partial charge is 0.211 e. The van der Waals surface area contributed by atoms with Crippen molar-refractivity contribution in [1.82, 2.24) is 14.3 Å². The maximum atomic E-state index is 11.7. The molecular formula is C16H26N4O3S. The van der Waals surface area contributed by atoms with Crippen molar-refractivity contribution in [2.45, 2.75) is 32.6 Å². The minimum Gasteiger partial charge on any atom is -0.378 e. The van der Waals surface area contributed by atoms with E-state index in [1.165, 1.54) is 6.26 Å². The highest BCUT2D eigenvalue weighted by Gasteiger charge is 2.28. The first kappa shape index (κ1) is 17.6. The first-order valence-corrected chi connectivity index (χ1v) is 10.3. The molecule has 2 saturated heterocycles. The van der Waals surface area contributed by atoms with E-state index in [9.17, 15) is 8.42 Å². The number of piperidine rings is 1. The van der Waals surface area contributed by atoms with Crippen molar-refractivity contribution in [1.29, 1.82) is 0 Å². The predicted octanol–water partition coefficient (Wildman–Crippen LogP) is 1.07. The molecule has 0 radical (unpaired) electrons. The summed E-state index contributed by atoms with van der Waals surface area (Å²) in [5.41, 5.74) is 2.13. The third-order valence-electron chi connectivity index (χ3n) is 4.98. The van der Waals surface area contributed by atoms with Gasteiger partial charge in [0.05, 0.1) is 19.5 Å². The Morgan fingerprint density at radius 3 is 2.25 bits per heavy atom. The second-order valence-corrected chi connectivity index (χ2v) is 8.63. The molecule has 2 fully saturated rings. The molecule has 7 nitrogen and oxygen atoms in total. The van der Waals surface area contributed by atoms with Gasteiger partial charge in [0, 0.05) is 43.4 Å². The Morgan fingerprint density at radius 2 is 1.67 bits per heavy atom. The van der Waals surface area contributed by atoms with Gasteiger partial charge in [0.15, 0.2) is 0 Å². The van der Waals surface area contributed by atoms with E-state index in [0.29, 0.717) is 13.1 Å². The minimum atomic E-state index is -3.10. The summed E-state index contributed by atoms with van der Waals surface area (Å²) in [6, 6.07) is 0. The maximum absolute atomic E-state index is 11.7. The molecule has 1 aromatic heterocycles. The summed E-state index contributed by atoms with van der Waals surface area (Å²) in [7, 11) is -3.10. The molecule has 0 atom stereocenters. The van der Waals surface area contributed by atoms with Crippen molar-refractivity contribution in [3.05, 3.63) is 17.1 Å². The highest BCUT2D eigenvalue weighted by atomic mass is 32.2. The zero-order chi connectivity index (χ0) is 17.3. The number of aryl methyl sites for hydroxylation is 1. The summed E-state index contributed by atoms with van der Waals surface area (Å²) < 4.78 is 30.3. The fourth-order valence-electron chi connectivity index (χ4n) is 3.35. The predicted molar refractivity (Wildman–Crippen MR) is 92.9 cm³/mol. The second-order valence-electron chi connectivity index (χ2n) is 6.65. The molecule has 8 heteroatoms. The molecular weight excluding hydrogens is 328 g/mol. The third-order valence-corrected chi connectivity index (χ3v) is 6.28. The molecule has 0 unspecified atom stereocenters. The van der Waals surface area contributed by atoms with E-state index >= 15 is 0 Å². The number of hydrogen-bond donors (Lipinski definition) is 0. The quantitative estimate of drug-likeness (QED) is 0.808. The zero-order valence-electron chi connectivity index (χ0n) is 14.7. The molecule has 0 N–H and O–H groups in total. The molecule has 2 aliphatic rings. The normalized spacial score (nSPS) is 21.2. The summed E-state index contributed by atoms with van der Waals surface area (Å²) in [6.07, 6.45) is 2.83. The summed E-state index contributed by atoms with van der Waals surface area (Å²) in [5.74, 6) is 2.08. The Hall–Kier alpha value is -1.25. The van der Waals surface area contributed by atoms with Gasteiger partial charge in [0.1, 0.15) is 11.6 Å². The number of morpholine rings is 1. The lowest BCUT2D eigenvalue weighted by molar-refractivity contribution is 0.122. The van der Waals surface area contributed by atoms with Crippen LogP contribution in [0.2, 0.25) is 0 Å². The zero-order valence-corrected chi connectivity index (χ0v) is 15.5. The van der Waals surface area contributed by atoms with E-state index in [0.717, 1.165) is 62.0 Å². The number of rotatable bonds is 3. The van der Waals surface area contributed by atoms with Crippen LogP contribution in [0.1, 0.15) is 35.8 Å². The van der Waals surface area contributed by atoms with E-state index in [-0.39, 0.29) is 5.92 Å². The van der Waals surface area contributed by atoms with Crippen LogP contribution in [-0.2, 0) is 14.8 Å². The number of aromatic nitrogens is 2. The molecule has 0 amide bonds. The van der Waals surface area contributed by atoms with Gasteiger partial charge in [-0.1, -0.05) is 0 Å². The fraction of sp³-hybridized carbons (Fsp3) is 0.750. The fourth-order valence-corrected chi connectivity index (χ4v) is 4.22. The second kappa shape index (κ2) is 6.93. The van der Waals surface area contributed by atoms with E-state index in [1.54, 1.807) is 4.31 Å². The lowest BCUT2D eigenvalue weighted by atomic mass is 9.97. The van der Waals surface area contributed by atoms with Crippen molar-refractivity contribution in [2.75, 3.05) is 50.5 Å². The van der Waals surface area contributed by atoms with Crippen LogP contribution in [0.15, 0.2) is 0 Å². The Bertz CT molecular complexity index is 694. The van der Waals surface area contributed by atoms with E-state index in [2.05, 4.69) is 11.8 Å². The van der Waals surface area contributed by atoms with Gasteiger partial charge >= 0.3 is 0 Å². The first-order valence-electron chi connectivity index (χ1n) is 8.49. The van der Waals surface area contributed by atoms with Gasteiger partial charge in [-0.25, -0.2) is 22.7 Å². The van der Waals surface area contributed by atoms with Gasteiger partial charge in [-0.15, -0.1) is 0 Å². The van der Waals surface area contributed by atoms with Crippen molar-refractivity contribution in [3.8, 4) is 0 Å². The number of sulfonamides is 1. The van der Waals surface area contributed by atoms with Gasteiger partial charge in [-0.3, -0.25) is 0 Å². The summed E-state index contributed by atoms with van der Waals surface area (Å²) in [4.78, 5) is 11.8. The maximum Gasteiger partial charge on any atom is 0.211 e. The molecule has 3 rings (SSSR count). The highest BCUT2D eigenvalue weighted by Crippen LogP contribution is 2.30. The monoisotopic (exact) mass is 354 g/mol. The van der Waals surface area contributed by atoms with Crippen molar-refractivity contribution < 1.29 is 13.2 Å². The number of nitrogens with zero attached hydrogens (tertiary/aromatic N) is 4. The number of hydrogen-bond acceptors (Lipinski definition) is 6. The van der Waals surface area contributed by atoms with Crippen LogP contribution >= 0.6 is 0 Å². The molecule has 0 saturated carbocycles. The summed E-state index contributed by atoms with van der Waals surface area (Å²) >= 11 is 0. The highest BCUT2D eigenvalue weighted by molar-refractivity contribution is 7.88. The molecule has 3 heterocycles. The van der Waals surface area contributed by atoms with Crippen LogP contribution in [0.3, 0.4) is 0 Å². The van der Waals surface area contributed by atoms with Gasteiger partial charge < -0.3 is 9.64 Å². The summed E-state index contributed by atoms with van der Waals surface area (Å²) in [5, 5.41) is 0. The van der Waals surface area contributed by atoms with Crippen molar-refractivity contribution in [2.24, 2.45) is 0 Å². The molecule has 0 aliphatic carbocycles. The lowest BCUT2D eigenvalue weighted by Gasteiger charge is -2.32. The Morgan fingerprint density at radius 1 is 1.04 bits per heavy atom. The van der Waals surface area contributed by atoms with Gasteiger partial charge in [0.25, 0.3) is 0 Å². The van der Waals surface area contributed by atoms with Gasteiger partial charge in [0.2, 0.25) is 10.0 Å². The van der Waals surface area contributed by atoms with Crippen LogP contribution in [0.5, 0.6) is 0 Å². The largest absolute Gasteiger partial charge is 0.378 e. The minimum absolute atomic E-state index is 0.224. The number of ether oxygens (including phenoxy) is 1. The van der Waals surface area contributed by atoms with Crippen LogP contribution in [0.4, 0.5) is 5.82 Å². The SMILES string of the molecule is Cc1nc(C2CCN(S(C)(=O)=O)CC2)nc(N2CCOCC2)c1C. The van der Waals surface area contributed by atoms with Gasteiger partial charge in [-0.05, 0) is 26.7 Å². The van der Waals surface area contributed by atoms with E-state index in [1.807, 2.05) is 6.92 Å². The van der Waals surface area contributed by atoms with Crippen molar-refractivity contribution >= 4 is 15.8 Å². The van der Waals surface area contributed by atoms with E-state index < -0.39 is 10.0 Å². The standard InChI is InChI=1S/C16H26N4O3S/c1-12-13(2)17-15(18-16(12)19-8-10-23-11-9-19)14-4-6-20(7-5-14)24(3,21)22/h14H,4-11H2,1-3H3. The Balaban J connectivity index is 1.80. The molecule has 0 spiro atoms. The van der Waals surface area contributed by atoms with Crippen LogP contribution < -0.4 is 4.90 Å². The molecule has 0 aromatic carbocycles. The molecule has 0 bridgehead atoms. The number of anilines is 1.